The van der Waals surface area contributed by atoms with Crippen molar-refractivity contribution in [2.75, 3.05) is 0 Å². The van der Waals surface area contributed by atoms with Crippen molar-refractivity contribution in [1.82, 2.24) is 29.9 Å². The second-order valence-electron chi connectivity index (χ2n) is 10.2. The number of benzene rings is 2. The number of hydrogen-bond donors (Lipinski definition) is 2. The number of carbonyl (C=O) groups excluding carboxylic acids is 1. The highest BCUT2D eigenvalue weighted by Gasteiger charge is 2.40. The normalized spacial score (nSPS) is 13.9. The largest absolute Gasteiger partial charge is 0.348 e. The van der Waals surface area contributed by atoms with Crippen molar-refractivity contribution in [2.24, 2.45) is 0 Å². The Morgan fingerprint density at radius 1 is 0.976 bits per heavy atom. The summed E-state index contributed by atoms with van der Waals surface area (Å²) in [4.78, 5) is 34.6. The molecule has 0 unspecified atom stereocenters. The van der Waals surface area contributed by atoms with Crippen LogP contribution in [0.5, 0.6) is 0 Å². The van der Waals surface area contributed by atoms with Crippen LogP contribution < -0.4 is 11.0 Å². The first-order valence-corrected chi connectivity index (χ1v) is 13.3. The fraction of sp³-hybridized carbons (Fsp3) is 0.125. The van der Waals surface area contributed by atoms with Gasteiger partial charge >= 0.3 is 5.69 Å². The van der Waals surface area contributed by atoms with Crippen LogP contribution in [-0.2, 0) is 5.54 Å². The molecule has 2 N–H and O–H groups in total. The predicted octanol–water partition coefficient (Wildman–Crippen LogP) is 4.98. The maximum Gasteiger partial charge on any atom is 0.348 e. The molecule has 1 amide bonds. The van der Waals surface area contributed by atoms with E-state index in [1.165, 1.54) is 10.6 Å². The topological polar surface area (TPSA) is 129 Å². The molecule has 1 aliphatic rings. The van der Waals surface area contributed by atoms with Crippen LogP contribution in [0.4, 0.5) is 0 Å². The van der Waals surface area contributed by atoms with E-state index in [4.69, 9.17) is 10.2 Å². The molecule has 198 valence electrons. The molecule has 4 heterocycles. The van der Waals surface area contributed by atoms with Gasteiger partial charge in [0.05, 0.1) is 27.8 Å². The average Bonchev–Trinajstić information content (AvgIpc) is 3.39. The van der Waals surface area contributed by atoms with Crippen molar-refractivity contribution in [1.29, 1.82) is 5.26 Å². The summed E-state index contributed by atoms with van der Waals surface area (Å²) < 4.78 is 1.54. The Morgan fingerprint density at radius 3 is 2.46 bits per heavy atom. The second-order valence-corrected chi connectivity index (χ2v) is 10.2. The minimum atomic E-state index is -0.462. The van der Waals surface area contributed by atoms with Gasteiger partial charge in [-0.25, -0.2) is 24.3 Å². The average molecular weight is 538 g/mol. The first kappa shape index (κ1) is 24.4. The molecule has 1 saturated carbocycles. The maximum atomic E-state index is 13.1. The van der Waals surface area contributed by atoms with Gasteiger partial charge in [-0.15, -0.1) is 0 Å². The molecule has 7 rings (SSSR count). The van der Waals surface area contributed by atoms with E-state index in [-0.39, 0.29) is 17.3 Å². The molecule has 0 atom stereocenters. The van der Waals surface area contributed by atoms with Crippen molar-refractivity contribution < 1.29 is 4.79 Å². The van der Waals surface area contributed by atoms with Gasteiger partial charge < -0.3 is 5.32 Å². The molecule has 9 nitrogen and oxygen atoms in total. The lowest BCUT2D eigenvalue weighted by Crippen LogP contribution is -2.50. The van der Waals surface area contributed by atoms with Crippen molar-refractivity contribution >= 4 is 22.6 Å². The molecule has 1 aliphatic carbocycles. The number of fused-ring (bicyclic) bond motifs is 3. The molecule has 9 heteroatoms. The van der Waals surface area contributed by atoms with Crippen LogP contribution in [0.2, 0.25) is 0 Å². The number of H-pyrrole nitrogens is 1. The van der Waals surface area contributed by atoms with Gasteiger partial charge in [0.15, 0.2) is 5.65 Å². The highest BCUT2D eigenvalue weighted by molar-refractivity contribution is 5.95. The number of nitrogens with zero attached hydrogens (tertiary/aromatic N) is 5. The van der Waals surface area contributed by atoms with Gasteiger partial charge in [-0.2, -0.15) is 10.4 Å². The smallest absolute Gasteiger partial charge is 0.342 e. The van der Waals surface area contributed by atoms with E-state index in [9.17, 15) is 9.59 Å². The molecule has 6 aromatic rings. The van der Waals surface area contributed by atoms with E-state index in [0.717, 1.165) is 47.2 Å². The number of aromatic amines is 1. The summed E-state index contributed by atoms with van der Waals surface area (Å²) in [6, 6.07) is 28.9. The minimum Gasteiger partial charge on any atom is -0.342 e. The zero-order chi connectivity index (χ0) is 28.0. The molecule has 0 radical (unpaired) electrons. The maximum absolute atomic E-state index is 13.1. The van der Waals surface area contributed by atoms with Gasteiger partial charge in [0.2, 0.25) is 0 Å². The van der Waals surface area contributed by atoms with Crippen LogP contribution >= 0.6 is 0 Å². The van der Waals surface area contributed by atoms with E-state index in [1.54, 1.807) is 18.2 Å². The fourth-order valence-electron chi connectivity index (χ4n) is 5.53. The first-order valence-electron chi connectivity index (χ1n) is 13.3. The number of pyridine rings is 3. The molecule has 41 heavy (non-hydrogen) atoms. The summed E-state index contributed by atoms with van der Waals surface area (Å²) in [6.45, 7) is 0. The third kappa shape index (κ3) is 4.13. The third-order valence-corrected chi connectivity index (χ3v) is 7.86. The van der Waals surface area contributed by atoms with E-state index >= 15 is 0 Å². The molecule has 1 fully saturated rings. The fourth-order valence-corrected chi connectivity index (χ4v) is 5.53. The highest BCUT2D eigenvalue weighted by Crippen LogP contribution is 2.42. The quantitative estimate of drug-likeness (QED) is 0.319. The van der Waals surface area contributed by atoms with Gasteiger partial charge in [0.1, 0.15) is 11.8 Å². The Balaban J connectivity index is 1.28. The summed E-state index contributed by atoms with van der Waals surface area (Å²) >= 11 is 0. The molecular weight excluding hydrogens is 514 g/mol. The Labute approximate surface area is 234 Å². The number of carbonyl (C=O) groups is 1. The van der Waals surface area contributed by atoms with Crippen molar-refractivity contribution in [2.45, 2.75) is 24.8 Å². The van der Waals surface area contributed by atoms with Gasteiger partial charge in [0, 0.05) is 17.3 Å². The Bertz CT molecular complexity index is 2030. The zero-order valence-corrected chi connectivity index (χ0v) is 21.8. The van der Waals surface area contributed by atoms with Crippen LogP contribution in [0.25, 0.3) is 39.1 Å². The van der Waals surface area contributed by atoms with Gasteiger partial charge in [-0.1, -0.05) is 54.6 Å². The molecular formula is C32H23N7O2. The Morgan fingerprint density at radius 2 is 1.78 bits per heavy atom. The van der Waals surface area contributed by atoms with Gasteiger partial charge in [0.25, 0.3) is 5.91 Å². The van der Waals surface area contributed by atoms with Gasteiger partial charge in [-0.05, 0) is 60.7 Å². The molecule has 0 aliphatic heterocycles. The van der Waals surface area contributed by atoms with Crippen LogP contribution in [0.15, 0.2) is 95.9 Å². The Hall–Kier alpha value is -5.62. The van der Waals surface area contributed by atoms with Crippen LogP contribution in [0.3, 0.4) is 0 Å². The summed E-state index contributed by atoms with van der Waals surface area (Å²) in [5.74, 6) is -0.214. The van der Waals surface area contributed by atoms with Crippen LogP contribution in [0.1, 0.15) is 40.9 Å². The zero-order valence-electron chi connectivity index (χ0n) is 21.8. The number of nitriles is 1. The first-order chi connectivity index (χ1) is 20.0. The number of aromatic nitrogens is 5. The molecule has 0 bridgehead atoms. The number of rotatable bonds is 5. The molecule has 0 spiro atoms. The second kappa shape index (κ2) is 9.54. The lowest BCUT2D eigenvalue weighted by atomic mass is 9.71. The van der Waals surface area contributed by atoms with E-state index in [0.29, 0.717) is 22.2 Å². The van der Waals surface area contributed by atoms with Crippen molar-refractivity contribution in [3.8, 4) is 28.5 Å². The monoisotopic (exact) mass is 537 g/mol. The van der Waals surface area contributed by atoms with Gasteiger partial charge in [-0.3, -0.25) is 4.79 Å². The summed E-state index contributed by atoms with van der Waals surface area (Å²) in [6.07, 6.45) is 4.12. The van der Waals surface area contributed by atoms with E-state index < -0.39 is 5.54 Å². The van der Waals surface area contributed by atoms with Crippen LogP contribution in [-0.4, -0.2) is 30.5 Å². The number of amides is 1. The standard InChI is InChI=1S/C32H23N7O2/c33-18-24-12-9-22(19-34-24)30(40)36-32(15-4-16-32)23-10-7-21(8-11-23)29-25(20-5-2-1-3-6-20)17-27-26(35-29)13-14-28-37-38-31(41)39(27)28/h1-3,5-14,17,19H,4,15-16H2,(H,36,40)(H,38,41). The lowest BCUT2D eigenvalue weighted by molar-refractivity contribution is 0.0823. The van der Waals surface area contributed by atoms with Crippen molar-refractivity contribution in [3.05, 3.63) is 118 Å². The number of hydrogen-bond acceptors (Lipinski definition) is 6. The number of nitrogens with one attached hydrogen (secondary N) is 2. The lowest BCUT2D eigenvalue weighted by Gasteiger charge is -2.43. The third-order valence-electron chi connectivity index (χ3n) is 7.86. The molecule has 4 aromatic heterocycles. The summed E-state index contributed by atoms with van der Waals surface area (Å²) in [7, 11) is 0. The Kier molecular flexibility index (Phi) is 5.68. The van der Waals surface area contributed by atoms with Crippen molar-refractivity contribution in [3.63, 3.8) is 0 Å². The van der Waals surface area contributed by atoms with E-state index in [1.807, 2.05) is 60.7 Å². The molecule has 2 aromatic carbocycles. The highest BCUT2D eigenvalue weighted by atomic mass is 16.2. The molecule has 0 saturated heterocycles. The predicted molar refractivity (Wildman–Crippen MR) is 154 cm³/mol. The SMILES string of the molecule is N#Cc1ccc(C(=O)NC2(c3ccc(-c4nc5ccc6n[nH]c(=O)n6c5cc4-c4ccccc4)cc3)CCC2)cn1. The van der Waals surface area contributed by atoms with Crippen LogP contribution in [0, 0.1) is 11.3 Å². The van der Waals surface area contributed by atoms with E-state index in [2.05, 4.69) is 32.6 Å². The summed E-state index contributed by atoms with van der Waals surface area (Å²) in [5, 5.41) is 18.8. The minimum absolute atomic E-state index is 0.214. The summed E-state index contributed by atoms with van der Waals surface area (Å²) in [5.41, 5.74) is 6.42.